The number of aromatic nitrogens is 4. The second-order valence-electron chi connectivity index (χ2n) is 6.39. The van der Waals surface area contributed by atoms with Crippen molar-refractivity contribution in [3.63, 3.8) is 0 Å². The fraction of sp³-hybridized carbons (Fsp3) is 0.533. The lowest BCUT2D eigenvalue weighted by atomic mass is 9.84. The maximum Gasteiger partial charge on any atom is 0.199 e. The summed E-state index contributed by atoms with van der Waals surface area (Å²) in [6, 6.07) is 5.76. The highest BCUT2D eigenvalue weighted by Gasteiger charge is 2.17. The largest absolute Gasteiger partial charge is 0.263 e. The number of hydrogen-bond donors (Lipinski definition) is 1. The van der Waals surface area contributed by atoms with Crippen LogP contribution in [-0.4, -0.2) is 20.2 Å². The summed E-state index contributed by atoms with van der Waals surface area (Å²) in [4.78, 5) is 8.78. The Bertz CT molecular complexity index is 510. The van der Waals surface area contributed by atoms with E-state index in [1.165, 1.54) is 6.42 Å². The van der Waals surface area contributed by atoms with E-state index in [1.54, 1.807) is 6.20 Å². The van der Waals surface area contributed by atoms with Crippen LogP contribution in [0.3, 0.4) is 0 Å². The predicted molar refractivity (Wildman–Crippen MR) is 76.6 cm³/mol. The number of H-pyrrole nitrogens is 1. The van der Waals surface area contributed by atoms with E-state index >= 15 is 0 Å². The molecule has 0 aliphatic heterocycles. The molecule has 2 rings (SSSR count). The summed E-state index contributed by atoms with van der Waals surface area (Å²) in [6.07, 6.45) is 3.86. The van der Waals surface area contributed by atoms with Crippen LogP contribution in [0.4, 0.5) is 0 Å². The van der Waals surface area contributed by atoms with E-state index in [-0.39, 0.29) is 0 Å². The molecule has 1 N–H and O–H groups in total. The quantitative estimate of drug-likeness (QED) is 0.913. The molecule has 2 aromatic rings. The van der Waals surface area contributed by atoms with Crippen molar-refractivity contribution in [2.75, 3.05) is 0 Å². The summed E-state index contributed by atoms with van der Waals surface area (Å²) in [5, 5.41) is 7.26. The summed E-state index contributed by atoms with van der Waals surface area (Å²) in [5.74, 6) is 2.21. The Balaban J connectivity index is 2.02. The number of nitrogens with one attached hydrogen (secondary N) is 1. The molecule has 0 aromatic carbocycles. The van der Waals surface area contributed by atoms with Crippen LogP contribution in [0.1, 0.15) is 39.9 Å². The van der Waals surface area contributed by atoms with Gasteiger partial charge in [0.25, 0.3) is 0 Å². The van der Waals surface area contributed by atoms with E-state index in [2.05, 4.69) is 47.9 Å². The van der Waals surface area contributed by atoms with Crippen molar-refractivity contribution in [3.8, 4) is 11.5 Å². The molecular formula is C15H22N4. The average molecular weight is 258 g/mol. The van der Waals surface area contributed by atoms with Gasteiger partial charge in [-0.25, -0.2) is 4.98 Å². The van der Waals surface area contributed by atoms with Crippen molar-refractivity contribution >= 4 is 0 Å². The van der Waals surface area contributed by atoms with Crippen LogP contribution in [0, 0.1) is 11.3 Å². The second kappa shape index (κ2) is 5.51. The monoisotopic (exact) mass is 258 g/mol. The number of rotatable bonds is 4. The Labute approximate surface area is 114 Å². The van der Waals surface area contributed by atoms with Gasteiger partial charge in [0.05, 0.1) is 0 Å². The molecule has 0 bridgehead atoms. The number of aromatic amines is 1. The van der Waals surface area contributed by atoms with Gasteiger partial charge in [-0.2, -0.15) is 5.10 Å². The van der Waals surface area contributed by atoms with Gasteiger partial charge in [-0.05, 0) is 29.9 Å². The highest BCUT2D eigenvalue weighted by molar-refractivity contribution is 5.47. The summed E-state index contributed by atoms with van der Waals surface area (Å²) in [6.45, 7) is 9.06. The third kappa shape index (κ3) is 4.16. The Morgan fingerprint density at radius 2 is 2.05 bits per heavy atom. The lowest BCUT2D eigenvalue weighted by molar-refractivity contribution is 0.304. The minimum absolute atomic E-state index is 0.350. The standard InChI is InChI=1S/C15H22N4/c1-11(10-15(2,3)4)9-13-17-14(19-18-13)12-7-5-6-8-16-12/h5-8,11H,9-10H2,1-4H3,(H,17,18,19). The maximum atomic E-state index is 4.52. The molecule has 0 aliphatic carbocycles. The molecule has 1 atom stereocenters. The van der Waals surface area contributed by atoms with Crippen LogP contribution in [0.2, 0.25) is 0 Å². The smallest absolute Gasteiger partial charge is 0.199 e. The molecule has 2 aromatic heterocycles. The molecule has 0 saturated heterocycles. The Morgan fingerprint density at radius 1 is 1.26 bits per heavy atom. The van der Waals surface area contributed by atoms with Gasteiger partial charge in [0, 0.05) is 12.6 Å². The molecule has 4 nitrogen and oxygen atoms in total. The first-order valence-corrected chi connectivity index (χ1v) is 6.77. The van der Waals surface area contributed by atoms with Gasteiger partial charge < -0.3 is 0 Å². The van der Waals surface area contributed by atoms with E-state index in [1.807, 2.05) is 18.2 Å². The molecule has 4 heteroatoms. The van der Waals surface area contributed by atoms with Gasteiger partial charge in [-0.1, -0.05) is 33.8 Å². The van der Waals surface area contributed by atoms with E-state index in [0.717, 1.165) is 17.9 Å². The van der Waals surface area contributed by atoms with E-state index < -0.39 is 0 Å². The van der Waals surface area contributed by atoms with E-state index in [4.69, 9.17) is 0 Å². The SMILES string of the molecule is CC(Cc1nc(-c2ccccn2)n[nH]1)CC(C)(C)C. The lowest BCUT2D eigenvalue weighted by Crippen LogP contribution is -2.13. The first-order chi connectivity index (χ1) is 8.94. The Morgan fingerprint density at radius 3 is 2.68 bits per heavy atom. The van der Waals surface area contributed by atoms with Gasteiger partial charge in [-0.15, -0.1) is 0 Å². The van der Waals surface area contributed by atoms with Crippen molar-refractivity contribution in [2.45, 2.75) is 40.5 Å². The van der Waals surface area contributed by atoms with E-state index in [0.29, 0.717) is 17.2 Å². The number of nitrogens with zero attached hydrogens (tertiary/aromatic N) is 3. The van der Waals surface area contributed by atoms with Gasteiger partial charge in [0.15, 0.2) is 5.82 Å². The first-order valence-electron chi connectivity index (χ1n) is 6.77. The third-order valence-electron chi connectivity index (χ3n) is 2.93. The van der Waals surface area contributed by atoms with E-state index in [9.17, 15) is 0 Å². The van der Waals surface area contributed by atoms with Gasteiger partial charge in [-0.3, -0.25) is 10.1 Å². The van der Waals surface area contributed by atoms with Crippen molar-refractivity contribution in [1.29, 1.82) is 0 Å². The van der Waals surface area contributed by atoms with Crippen LogP contribution in [0.25, 0.3) is 11.5 Å². The third-order valence-corrected chi connectivity index (χ3v) is 2.93. The molecule has 0 amide bonds. The molecule has 102 valence electrons. The van der Waals surface area contributed by atoms with Crippen LogP contribution >= 0.6 is 0 Å². The topological polar surface area (TPSA) is 54.5 Å². The molecule has 0 radical (unpaired) electrons. The fourth-order valence-electron chi connectivity index (χ4n) is 2.44. The van der Waals surface area contributed by atoms with Crippen molar-refractivity contribution in [1.82, 2.24) is 20.2 Å². The molecule has 0 saturated carbocycles. The molecule has 0 fully saturated rings. The van der Waals surface area contributed by atoms with Crippen molar-refractivity contribution < 1.29 is 0 Å². The van der Waals surface area contributed by atoms with Gasteiger partial charge in [0.2, 0.25) is 0 Å². The summed E-state index contributed by atoms with van der Waals surface area (Å²) in [7, 11) is 0. The number of hydrogen-bond acceptors (Lipinski definition) is 3. The maximum absolute atomic E-state index is 4.52. The van der Waals surface area contributed by atoms with Gasteiger partial charge >= 0.3 is 0 Å². The normalized spacial score (nSPS) is 13.5. The van der Waals surface area contributed by atoms with Gasteiger partial charge in [0.1, 0.15) is 11.5 Å². The zero-order valence-electron chi connectivity index (χ0n) is 12.1. The van der Waals surface area contributed by atoms with Crippen LogP contribution in [0.5, 0.6) is 0 Å². The predicted octanol–water partition coefficient (Wildman–Crippen LogP) is 3.48. The molecular weight excluding hydrogens is 236 g/mol. The zero-order valence-corrected chi connectivity index (χ0v) is 12.1. The minimum Gasteiger partial charge on any atom is -0.263 e. The number of pyridine rings is 1. The lowest BCUT2D eigenvalue weighted by Gasteiger charge is -2.22. The Hall–Kier alpha value is -1.71. The minimum atomic E-state index is 0.350. The summed E-state index contributed by atoms with van der Waals surface area (Å²) < 4.78 is 0. The fourth-order valence-corrected chi connectivity index (χ4v) is 2.44. The molecule has 1 unspecified atom stereocenters. The average Bonchev–Trinajstić information content (AvgIpc) is 2.76. The van der Waals surface area contributed by atoms with Crippen LogP contribution in [-0.2, 0) is 6.42 Å². The highest BCUT2D eigenvalue weighted by Crippen LogP contribution is 2.25. The molecule has 2 heterocycles. The Kier molecular flexibility index (Phi) is 3.98. The summed E-state index contributed by atoms with van der Waals surface area (Å²) in [5.41, 5.74) is 1.16. The molecule has 0 aliphatic rings. The highest BCUT2D eigenvalue weighted by atomic mass is 15.2. The van der Waals surface area contributed by atoms with Crippen molar-refractivity contribution in [2.24, 2.45) is 11.3 Å². The molecule has 0 spiro atoms. The van der Waals surface area contributed by atoms with Crippen molar-refractivity contribution in [3.05, 3.63) is 30.2 Å². The second-order valence-corrected chi connectivity index (χ2v) is 6.39. The van der Waals surface area contributed by atoms with Crippen LogP contribution in [0.15, 0.2) is 24.4 Å². The molecule has 19 heavy (non-hydrogen) atoms. The first kappa shape index (κ1) is 13.7. The van der Waals surface area contributed by atoms with Crippen LogP contribution < -0.4 is 0 Å². The zero-order chi connectivity index (χ0) is 13.9. The summed E-state index contributed by atoms with van der Waals surface area (Å²) >= 11 is 0.